The van der Waals surface area contributed by atoms with E-state index in [4.69, 9.17) is 16.7 Å². The number of carbonyl (C=O) groups excluding carboxylic acids is 2. The lowest BCUT2D eigenvalue weighted by atomic mass is 9.70. The molecule has 11 heteroatoms. The summed E-state index contributed by atoms with van der Waals surface area (Å²) in [7, 11) is -4.25. The lowest BCUT2D eigenvalue weighted by Gasteiger charge is -2.40. The van der Waals surface area contributed by atoms with Gasteiger partial charge in [-0.15, -0.1) is 0 Å². The van der Waals surface area contributed by atoms with E-state index in [0.29, 0.717) is 24.1 Å². The van der Waals surface area contributed by atoms with E-state index in [1.165, 1.54) is 19.1 Å². The molecule has 0 saturated carbocycles. The van der Waals surface area contributed by atoms with Crippen LogP contribution in [0.15, 0.2) is 59.8 Å². The number of hydrogen-bond acceptors (Lipinski definition) is 6. The summed E-state index contributed by atoms with van der Waals surface area (Å²) in [5.41, 5.74) is 1.53. The minimum absolute atomic E-state index is 0.0600. The van der Waals surface area contributed by atoms with E-state index in [-0.39, 0.29) is 35.1 Å². The highest BCUT2D eigenvalue weighted by atomic mass is 35.5. The Bertz CT molecular complexity index is 1470. The highest BCUT2D eigenvalue weighted by Gasteiger charge is 2.42. The van der Waals surface area contributed by atoms with Crippen molar-refractivity contribution in [2.45, 2.75) is 37.1 Å². The summed E-state index contributed by atoms with van der Waals surface area (Å²) in [6, 6.07) is 13.1. The first-order chi connectivity index (χ1) is 17.4. The van der Waals surface area contributed by atoms with E-state index in [2.05, 4.69) is 10.3 Å². The average molecular weight is 545 g/mol. The molecule has 1 amide bonds. The Morgan fingerprint density at radius 2 is 1.78 bits per heavy atom. The molecule has 0 atom stereocenters. The maximum absolute atomic E-state index is 13.6. The van der Waals surface area contributed by atoms with Crippen molar-refractivity contribution in [2.24, 2.45) is 5.14 Å². The molecule has 194 valence electrons. The number of piperidine rings is 1. The molecule has 2 heterocycles. The average Bonchev–Trinajstić information content (AvgIpc) is 2.84. The molecule has 37 heavy (non-hydrogen) atoms. The van der Waals surface area contributed by atoms with Crippen molar-refractivity contribution in [1.29, 1.82) is 0 Å². The van der Waals surface area contributed by atoms with Crippen LogP contribution >= 0.6 is 11.6 Å². The zero-order valence-corrected chi connectivity index (χ0v) is 21.9. The van der Waals surface area contributed by atoms with Crippen LogP contribution in [0, 0.1) is 12.7 Å². The number of sulfonamides is 1. The van der Waals surface area contributed by atoms with Crippen molar-refractivity contribution in [1.82, 2.24) is 9.88 Å². The molecule has 0 aliphatic carbocycles. The van der Waals surface area contributed by atoms with Gasteiger partial charge in [-0.3, -0.25) is 9.59 Å². The van der Waals surface area contributed by atoms with Crippen molar-refractivity contribution >= 4 is 44.7 Å². The van der Waals surface area contributed by atoms with Crippen molar-refractivity contribution in [3.05, 3.63) is 82.3 Å². The zero-order chi connectivity index (χ0) is 27.0. The lowest BCUT2D eigenvalue weighted by Crippen LogP contribution is -2.48. The summed E-state index contributed by atoms with van der Waals surface area (Å²) in [5, 5.41) is 7.49. The highest BCUT2D eigenvalue weighted by molar-refractivity contribution is 7.89. The SMILES string of the molecule is CC(=O)C1(c2ccc(F)cc2)CCN(C(=O)c2cnc(S(N)(=O)=O)c(Cl)c2Nc2cccc(C)c2)CC1. The largest absolute Gasteiger partial charge is 0.354 e. The number of aryl methyl sites for hydroxylation is 1. The van der Waals surface area contributed by atoms with Crippen LogP contribution in [0.3, 0.4) is 0 Å². The lowest BCUT2D eigenvalue weighted by molar-refractivity contribution is -0.124. The second-order valence-corrected chi connectivity index (χ2v) is 11.0. The first kappa shape index (κ1) is 26.7. The van der Waals surface area contributed by atoms with Gasteiger partial charge in [0.15, 0.2) is 5.03 Å². The van der Waals surface area contributed by atoms with Crippen molar-refractivity contribution in [3.8, 4) is 0 Å². The normalized spacial score (nSPS) is 15.3. The van der Waals surface area contributed by atoms with Crippen molar-refractivity contribution in [2.75, 3.05) is 18.4 Å². The Labute approximate surface area is 219 Å². The third-order valence-corrected chi connectivity index (χ3v) is 8.08. The van der Waals surface area contributed by atoms with Crippen LogP contribution in [-0.4, -0.2) is 43.1 Å². The standard InChI is InChI=1S/C26H26ClFN4O4S/c1-16-4-3-5-20(14-16)31-23-21(15-30-24(22(23)27)37(29,35)36)25(34)32-12-10-26(11-13-32,17(2)33)18-6-8-19(28)9-7-18/h3-9,14-15H,10-13H2,1-2H3,(H,30,31)(H2,29,35,36). The zero-order valence-electron chi connectivity index (χ0n) is 20.3. The topological polar surface area (TPSA) is 122 Å². The first-order valence-corrected chi connectivity index (χ1v) is 13.5. The van der Waals surface area contributed by atoms with Crippen LogP contribution in [0.25, 0.3) is 0 Å². The number of rotatable bonds is 6. The van der Waals surface area contributed by atoms with Crippen LogP contribution in [-0.2, 0) is 20.2 Å². The number of hydrogen-bond donors (Lipinski definition) is 2. The van der Waals surface area contributed by atoms with Gasteiger partial charge in [-0.1, -0.05) is 35.9 Å². The Hall–Kier alpha value is -3.34. The van der Waals surface area contributed by atoms with Gasteiger partial charge >= 0.3 is 0 Å². The molecule has 1 aliphatic heterocycles. The van der Waals surface area contributed by atoms with E-state index in [1.54, 1.807) is 29.2 Å². The van der Waals surface area contributed by atoms with Gasteiger partial charge in [0.25, 0.3) is 15.9 Å². The number of likely N-dealkylation sites (tertiary alicyclic amines) is 1. The third-order valence-electron chi connectivity index (χ3n) is 6.75. The van der Waals surface area contributed by atoms with Gasteiger partial charge < -0.3 is 10.2 Å². The van der Waals surface area contributed by atoms with Gasteiger partial charge in [0, 0.05) is 25.0 Å². The molecular formula is C26H26ClFN4O4S. The minimum atomic E-state index is -4.25. The number of halogens is 2. The number of nitrogens with zero attached hydrogens (tertiary/aromatic N) is 2. The molecule has 0 bridgehead atoms. The summed E-state index contributed by atoms with van der Waals surface area (Å²) < 4.78 is 37.6. The molecule has 1 saturated heterocycles. The molecule has 0 radical (unpaired) electrons. The summed E-state index contributed by atoms with van der Waals surface area (Å²) >= 11 is 6.42. The van der Waals surface area contributed by atoms with Crippen LogP contribution in [0.4, 0.5) is 15.8 Å². The number of ketones is 1. The minimum Gasteiger partial charge on any atom is -0.354 e. The fraction of sp³-hybridized carbons (Fsp3) is 0.269. The third kappa shape index (κ3) is 5.36. The Balaban J connectivity index is 1.67. The Morgan fingerprint density at radius 1 is 1.14 bits per heavy atom. The van der Waals surface area contributed by atoms with Gasteiger partial charge in [-0.25, -0.2) is 22.9 Å². The molecule has 3 N–H and O–H groups in total. The van der Waals surface area contributed by atoms with E-state index in [9.17, 15) is 22.4 Å². The quantitative estimate of drug-likeness (QED) is 0.476. The summed E-state index contributed by atoms with van der Waals surface area (Å²) in [6.07, 6.45) is 1.83. The van der Waals surface area contributed by atoms with E-state index in [0.717, 1.165) is 11.8 Å². The fourth-order valence-electron chi connectivity index (χ4n) is 4.69. The van der Waals surface area contributed by atoms with E-state index < -0.39 is 32.2 Å². The molecule has 8 nitrogen and oxygen atoms in total. The molecule has 0 unspecified atom stereocenters. The Morgan fingerprint density at radius 3 is 2.35 bits per heavy atom. The van der Waals surface area contributed by atoms with Gasteiger partial charge in [0.05, 0.1) is 16.7 Å². The summed E-state index contributed by atoms with van der Waals surface area (Å²) in [5.74, 6) is -0.881. The number of nitrogens with two attached hydrogens (primary N) is 1. The van der Waals surface area contributed by atoms with Gasteiger partial charge in [0.2, 0.25) is 0 Å². The molecule has 1 aliphatic rings. The predicted molar refractivity (Wildman–Crippen MR) is 139 cm³/mol. The monoisotopic (exact) mass is 544 g/mol. The molecule has 4 rings (SSSR count). The summed E-state index contributed by atoms with van der Waals surface area (Å²) in [4.78, 5) is 31.8. The molecule has 1 fully saturated rings. The first-order valence-electron chi connectivity index (χ1n) is 11.5. The maximum Gasteiger partial charge on any atom is 0.257 e. The molecular weight excluding hydrogens is 519 g/mol. The predicted octanol–water partition coefficient (Wildman–Crippen LogP) is 4.34. The molecule has 1 aromatic heterocycles. The number of anilines is 2. The van der Waals surface area contributed by atoms with E-state index >= 15 is 0 Å². The van der Waals surface area contributed by atoms with Gasteiger partial charge in [-0.2, -0.15) is 0 Å². The van der Waals surface area contributed by atoms with E-state index in [1.807, 2.05) is 19.1 Å². The smallest absolute Gasteiger partial charge is 0.257 e. The Kier molecular flexibility index (Phi) is 7.36. The number of primary sulfonamides is 1. The maximum atomic E-state index is 13.6. The second-order valence-electron chi connectivity index (χ2n) is 9.14. The van der Waals surface area contributed by atoms with Crippen LogP contribution < -0.4 is 10.5 Å². The number of amides is 1. The number of carbonyl (C=O) groups is 2. The van der Waals surface area contributed by atoms with Crippen LogP contribution in [0.1, 0.15) is 41.3 Å². The van der Waals surface area contributed by atoms with Crippen molar-refractivity contribution < 1.29 is 22.4 Å². The number of nitrogens with one attached hydrogen (secondary N) is 1. The van der Waals surface area contributed by atoms with Gasteiger partial charge in [-0.05, 0) is 62.1 Å². The number of Topliss-reactive ketones (excluding diaryl/α,β-unsaturated/α-hetero) is 1. The number of pyridine rings is 1. The van der Waals surface area contributed by atoms with Crippen LogP contribution in [0.2, 0.25) is 5.02 Å². The van der Waals surface area contributed by atoms with Crippen molar-refractivity contribution in [3.63, 3.8) is 0 Å². The summed E-state index contributed by atoms with van der Waals surface area (Å²) in [6.45, 7) is 3.88. The molecule has 0 spiro atoms. The fourth-order valence-corrected chi connectivity index (χ4v) is 5.77. The highest BCUT2D eigenvalue weighted by Crippen LogP contribution is 2.39. The number of aromatic nitrogens is 1. The molecule has 3 aromatic rings. The second kappa shape index (κ2) is 10.2. The number of benzene rings is 2. The van der Waals surface area contributed by atoms with Crippen LogP contribution in [0.5, 0.6) is 0 Å². The molecule has 2 aromatic carbocycles. The van der Waals surface area contributed by atoms with Gasteiger partial charge in [0.1, 0.15) is 16.6 Å².